The summed E-state index contributed by atoms with van der Waals surface area (Å²) in [7, 11) is -3.85. The van der Waals surface area contributed by atoms with Gasteiger partial charge in [-0.3, -0.25) is 4.79 Å². The fourth-order valence-electron chi connectivity index (χ4n) is 3.01. The number of benzene rings is 1. The summed E-state index contributed by atoms with van der Waals surface area (Å²) in [6, 6.07) is 8.88. The van der Waals surface area contributed by atoms with Crippen LogP contribution in [0.2, 0.25) is 0 Å². The number of carbonyl (C=O) groups is 1. The zero-order valence-electron chi connectivity index (χ0n) is 16.8. The van der Waals surface area contributed by atoms with Crippen LogP contribution in [0.15, 0.2) is 52.0 Å². The SMILES string of the molecule is CC(C)[C@H](NS(=O)(=O)c1ccc(Br)cc1)C(=O)Nc1ccc(N2CCOCC2)cn1. The molecule has 30 heavy (non-hydrogen) atoms. The highest BCUT2D eigenvalue weighted by Gasteiger charge is 2.28. The Bertz CT molecular complexity index is 959. The van der Waals surface area contributed by atoms with Crippen LogP contribution in [0.3, 0.4) is 0 Å². The molecule has 2 heterocycles. The van der Waals surface area contributed by atoms with E-state index in [-0.39, 0.29) is 10.8 Å². The fourth-order valence-corrected chi connectivity index (χ4v) is 4.62. The molecule has 1 aromatic carbocycles. The molecule has 1 aromatic heterocycles. The summed E-state index contributed by atoms with van der Waals surface area (Å²) in [5.41, 5.74) is 0.952. The smallest absolute Gasteiger partial charge is 0.243 e. The number of pyridine rings is 1. The van der Waals surface area contributed by atoms with Crippen molar-refractivity contribution in [3.05, 3.63) is 47.1 Å². The number of morpholine rings is 1. The molecule has 8 nitrogen and oxygen atoms in total. The van der Waals surface area contributed by atoms with E-state index in [9.17, 15) is 13.2 Å². The quantitative estimate of drug-likeness (QED) is 0.610. The van der Waals surface area contributed by atoms with E-state index in [1.54, 1.807) is 38.2 Å². The minimum atomic E-state index is -3.85. The van der Waals surface area contributed by atoms with Gasteiger partial charge in [-0.2, -0.15) is 4.72 Å². The Balaban J connectivity index is 1.68. The molecule has 0 aliphatic carbocycles. The minimum absolute atomic E-state index is 0.0946. The zero-order chi connectivity index (χ0) is 21.7. The van der Waals surface area contributed by atoms with Crippen LogP contribution in [-0.2, 0) is 19.6 Å². The molecule has 0 saturated carbocycles. The number of hydrogen-bond donors (Lipinski definition) is 2. The average Bonchev–Trinajstić information content (AvgIpc) is 2.73. The Morgan fingerprint density at radius 3 is 2.37 bits per heavy atom. The van der Waals surface area contributed by atoms with Gasteiger partial charge >= 0.3 is 0 Å². The van der Waals surface area contributed by atoms with Gasteiger partial charge in [0, 0.05) is 17.6 Å². The van der Waals surface area contributed by atoms with Crippen molar-refractivity contribution >= 4 is 43.4 Å². The van der Waals surface area contributed by atoms with Gasteiger partial charge < -0.3 is 15.0 Å². The normalized spacial score (nSPS) is 15.8. The second kappa shape index (κ2) is 9.86. The van der Waals surface area contributed by atoms with Crippen molar-refractivity contribution in [1.29, 1.82) is 0 Å². The number of aromatic nitrogens is 1. The lowest BCUT2D eigenvalue weighted by molar-refractivity contribution is -0.118. The molecule has 2 N–H and O–H groups in total. The molecule has 0 unspecified atom stereocenters. The number of hydrogen-bond acceptors (Lipinski definition) is 6. The highest BCUT2D eigenvalue weighted by Crippen LogP contribution is 2.19. The number of carbonyl (C=O) groups excluding carboxylic acids is 1. The van der Waals surface area contributed by atoms with Gasteiger partial charge in [-0.05, 0) is 42.3 Å². The molecule has 1 saturated heterocycles. The van der Waals surface area contributed by atoms with Crippen molar-refractivity contribution in [3.63, 3.8) is 0 Å². The van der Waals surface area contributed by atoms with Gasteiger partial charge in [-0.15, -0.1) is 0 Å². The molecule has 2 aromatic rings. The largest absolute Gasteiger partial charge is 0.378 e. The molecule has 1 amide bonds. The van der Waals surface area contributed by atoms with E-state index < -0.39 is 22.0 Å². The average molecular weight is 497 g/mol. The van der Waals surface area contributed by atoms with Crippen LogP contribution in [-0.4, -0.2) is 51.7 Å². The van der Waals surface area contributed by atoms with E-state index in [0.717, 1.165) is 23.2 Å². The van der Waals surface area contributed by atoms with E-state index >= 15 is 0 Å². The minimum Gasteiger partial charge on any atom is -0.378 e. The summed E-state index contributed by atoms with van der Waals surface area (Å²) >= 11 is 3.28. The molecule has 1 fully saturated rings. The monoisotopic (exact) mass is 496 g/mol. The van der Waals surface area contributed by atoms with Crippen molar-refractivity contribution < 1.29 is 17.9 Å². The maximum atomic E-state index is 12.8. The van der Waals surface area contributed by atoms with Crippen LogP contribution >= 0.6 is 15.9 Å². The maximum absolute atomic E-state index is 12.8. The van der Waals surface area contributed by atoms with Gasteiger partial charge in [0.05, 0.1) is 30.0 Å². The summed E-state index contributed by atoms with van der Waals surface area (Å²) in [6.07, 6.45) is 1.69. The molecule has 1 aliphatic rings. The van der Waals surface area contributed by atoms with E-state index in [1.165, 1.54) is 12.1 Å². The van der Waals surface area contributed by atoms with Gasteiger partial charge in [-0.25, -0.2) is 13.4 Å². The standard InChI is InChI=1S/C20H25BrN4O4S/c1-14(2)19(24-30(27,28)17-6-3-15(21)4-7-17)20(26)23-18-8-5-16(13-22-18)25-9-11-29-12-10-25/h3-8,13-14,19,24H,9-12H2,1-2H3,(H,22,23,26)/t19-/m0/s1. The van der Waals surface area contributed by atoms with Crippen LogP contribution < -0.4 is 14.9 Å². The number of halogens is 1. The van der Waals surface area contributed by atoms with Crippen molar-refractivity contribution in [2.45, 2.75) is 24.8 Å². The molecule has 162 valence electrons. The second-order valence-corrected chi connectivity index (χ2v) is 9.92. The van der Waals surface area contributed by atoms with Crippen LogP contribution in [0.25, 0.3) is 0 Å². The first-order valence-corrected chi connectivity index (χ1v) is 11.9. The van der Waals surface area contributed by atoms with E-state index in [4.69, 9.17) is 4.74 Å². The predicted octanol–water partition coefficient (Wildman–Crippen LogP) is 2.62. The summed E-state index contributed by atoms with van der Waals surface area (Å²) in [5, 5.41) is 2.71. The lowest BCUT2D eigenvalue weighted by Crippen LogP contribution is -2.47. The summed E-state index contributed by atoms with van der Waals surface area (Å²) in [6.45, 7) is 6.49. The summed E-state index contributed by atoms with van der Waals surface area (Å²) < 4.78 is 34.0. The lowest BCUT2D eigenvalue weighted by Gasteiger charge is -2.28. The number of nitrogens with one attached hydrogen (secondary N) is 2. The molecule has 0 radical (unpaired) electrons. The molecule has 1 atom stereocenters. The second-order valence-electron chi connectivity index (χ2n) is 7.29. The van der Waals surface area contributed by atoms with Crippen LogP contribution in [0.1, 0.15) is 13.8 Å². The summed E-state index contributed by atoms with van der Waals surface area (Å²) in [4.78, 5) is 19.3. The number of ether oxygens (including phenoxy) is 1. The van der Waals surface area contributed by atoms with Crippen molar-refractivity contribution in [3.8, 4) is 0 Å². The third-order valence-electron chi connectivity index (χ3n) is 4.73. The Hall–Kier alpha value is -2.01. The molecule has 0 bridgehead atoms. The van der Waals surface area contributed by atoms with Gasteiger partial charge in [0.25, 0.3) is 0 Å². The first kappa shape index (κ1) is 22.7. The first-order valence-electron chi connectivity index (χ1n) is 9.64. The van der Waals surface area contributed by atoms with Crippen LogP contribution in [0, 0.1) is 5.92 Å². The zero-order valence-corrected chi connectivity index (χ0v) is 19.2. The molecule has 10 heteroatoms. The first-order chi connectivity index (χ1) is 14.3. The van der Waals surface area contributed by atoms with Gasteiger partial charge in [0.2, 0.25) is 15.9 Å². The predicted molar refractivity (Wildman–Crippen MR) is 119 cm³/mol. The Morgan fingerprint density at radius 1 is 1.13 bits per heavy atom. The highest BCUT2D eigenvalue weighted by molar-refractivity contribution is 9.10. The Labute approximate surface area is 185 Å². The number of rotatable bonds is 7. The lowest BCUT2D eigenvalue weighted by atomic mass is 10.1. The molecule has 0 spiro atoms. The van der Waals surface area contributed by atoms with Gasteiger partial charge in [-0.1, -0.05) is 29.8 Å². The fraction of sp³-hybridized carbons (Fsp3) is 0.400. The van der Waals surface area contributed by atoms with Gasteiger partial charge in [0.1, 0.15) is 11.9 Å². The third kappa shape index (κ3) is 5.78. The van der Waals surface area contributed by atoms with Crippen LogP contribution in [0.5, 0.6) is 0 Å². The number of anilines is 2. The number of amides is 1. The van der Waals surface area contributed by atoms with Gasteiger partial charge in [0.15, 0.2) is 0 Å². The molecular weight excluding hydrogens is 472 g/mol. The Morgan fingerprint density at radius 2 is 1.80 bits per heavy atom. The number of nitrogens with zero attached hydrogens (tertiary/aromatic N) is 2. The highest BCUT2D eigenvalue weighted by atomic mass is 79.9. The molecular formula is C20H25BrN4O4S. The Kier molecular flexibility index (Phi) is 7.45. The topological polar surface area (TPSA) is 101 Å². The third-order valence-corrected chi connectivity index (χ3v) is 6.72. The maximum Gasteiger partial charge on any atom is 0.243 e. The van der Waals surface area contributed by atoms with E-state index in [1.807, 2.05) is 6.07 Å². The number of sulfonamides is 1. The van der Waals surface area contributed by atoms with E-state index in [0.29, 0.717) is 19.0 Å². The van der Waals surface area contributed by atoms with Crippen molar-refractivity contribution in [2.75, 3.05) is 36.5 Å². The van der Waals surface area contributed by atoms with E-state index in [2.05, 4.69) is 35.9 Å². The summed E-state index contributed by atoms with van der Waals surface area (Å²) in [5.74, 6) is -0.356. The van der Waals surface area contributed by atoms with Crippen molar-refractivity contribution in [2.24, 2.45) is 5.92 Å². The van der Waals surface area contributed by atoms with Crippen molar-refractivity contribution in [1.82, 2.24) is 9.71 Å². The van der Waals surface area contributed by atoms with Crippen LogP contribution in [0.4, 0.5) is 11.5 Å². The molecule has 3 rings (SSSR count). The molecule has 1 aliphatic heterocycles.